The molecule has 2 N–H and O–H groups in total. The van der Waals surface area contributed by atoms with Gasteiger partial charge in [-0.2, -0.15) is 0 Å². The number of hydrogen-bond donors (Lipinski definition) is 2. The number of aliphatic hydroxyl groups is 2. The van der Waals surface area contributed by atoms with Crippen LogP contribution in [0.4, 0.5) is 0 Å². The molecule has 7 nitrogen and oxygen atoms in total. The number of carbonyl (C=O) groups is 1. The highest BCUT2D eigenvalue weighted by Gasteiger charge is 2.32. The summed E-state index contributed by atoms with van der Waals surface area (Å²) in [5.74, 6) is -0.569. The Morgan fingerprint density at radius 3 is 2.94 bits per heavy atom. The van der Waals surface area contributed by atoms with Gasteiger partial charge in [-0.15, -0.1) is 0 Å². The Balaban J connectivity index is 2.82. The number of rotatable bonds is 3. The van der Waals surface area contributed by atoms with E-state index in [1.54, 1.807) is 6.92 Å². The summed E-state index contributed by atoms with van der Waals surface area (Å²) >= 11 is 0. The summed E-state index contributed by atoms with van der Waals surface area (Å²) < 4.78 is 4.74. The number of carbonyl (C=O) groups excluding carboxylic acids is 1. The van der Waals surface area contributed by atoms with Crippen molar-refractivity contribution in [1.29, 1.82) is 0 Å². The second kappa shape index (κ2) is 5.50. The van der Waals surface area contributed by atoms with E-state index >= 15 is 0 Å². The minimum absolute atomic E-state index is 0.0135. The first kappa shape index (κ1) is 12.5. The van der Waals surface area contributed by atoms with Crippen molar-refractivity contribution in [1.82, 2.24) is 0 Å². The molecule has 3 atom stereocenters. The fourth-order valence-corrected chi connectivity index (χ4v) is 1.53. The van der Waals surface area contributed by atoms with Crippen molar-refractivity contribution in [2.24, 2.45) is 5.11 Å². The largest absolute Gasteiger partial charge is 0.463 e. The van der Waals surface area contributed by atoms with Crippen molar-refractivity contribution in [3.05, 3.63) is 22.1 Å². The second-order valence-corrected chi connectivity index (χ2v) is 3.37. The molecule has 0 aromatic carbocycles. The molecule has 16 heavy (non-hydrogen) atoms. The maximum absolute atomic E-state index is 11.3. The summed E-state index contributed by atoms with van der Waals surface area (Å²) in [6.07, 6.45) is -0.974. The SMILES string of the molecule is CCOC(=O)C1=C[C@H](O)[C@H](N=[N+]=[N-])[C@H](O)C1. The predicted molar refractivity (Wildman–Crippen MR) is 54.3 cm³/mol. The van der Waals surface area contributed by atoms with Gasteiger partial charge in [-0.1, -0.05) is 5.11 Å². The van der Waals surface area contributed by atoms with Crippen molar-refractivity contribution in [3.63, 3.8) is 0 Å². The van der Waals surface area contributed by atoms with Crippen LogP contribution in [0.5, 0.6) is 0 Å². The lowest BCUT2D eigenvalue weighted by Crippen LogP contribution is -2.39. The molecule has 0 aromatic heterocycles. The monoisotopic (exact) mass is 227 g/mol. The zero-order chi connectivity index (χ0) is 12.1. The molecule has 1 aliphatic rings. The van der Waals surface area contributed by atoms with Gasteiger partial charge < -0.3 is 14.9 Å². The van der Waals surface area contributed by atoms with Crippen LogP contribution < -0.4 is 0 Å². The minimum Gasteiger partial charge on any atom is -0.463 e. The van der Waals surface area contributed by atoms with Gasteiger partial charge in [0, 0.05) is 16.9 Å². The molecule has 0 aromatic rings. The summed E-state index contributed by atoms with van der Waals surface area (Å²) in [4.78, 5) is 13.9. The lowest BCUT2D eigenvalue weighted by Gasteiger charge is -2.27. The van der Waals surface area contributed by atoms with E-state index in [0.29, 0.717) is 0 Å². The van der Waals surface area contributed by atoms with Gasteiger partial charge in [0.2, 0.25) is 0 Å². The maximum Gasteiger partial charge on any atom is 0.333 e. The Morgan fingerprint density at radius 1 is 1.75 bits per heavy atom. The fraction of sp³-hybridized carbons (Fsp3) is 0.667. The molecule has 7 heteroatoms. The number of azide groups is 1. The summed E-state index contributed by atoms with van der Waals surface area (Å²) in [6, 6.07) is -0.955. The molecule has 0 fully saturated rings. The normalized spacial score (nSPS) is 28.9. The van der Waals surface area contributed by atoms with E-state index in [2.05, 4.69) is 10.0 Å². The van der Waals surface area contributed by atoms with Crippen LogP contribution in [0.3, 0.4) is 0 Å². The Kier molecular flexibility index (Phi) is 4.30. The second-order valence-electron chi connectivity index (χ2n) is 3.37. The van der Waals surface area contributed by atoms with Gasteiger partial charge in [-0.25, -0.2) is 4.79 Å². The molecule has 88 valence electrons. The minimum atomic E-state index is -1.17. The van der Waals surface area contributed by atoms with Crippen LogP contribution in [-0.4, -0.2) is 41.0 Å². The first-order valence-corrected chi connectivity index (χ1v) is 4.88. The number of hydrogen-bond acceptors (Lipinski definition) is 5. The average molecular weight is 227 g/mol. The highest BCUT2D eigenvalue weighted by molar-refractivity contribution is 5.88. The van der Waals surface area contributed by atoms with E-state index in [4.69, 9.17) is 10.3 Å². The molecule has 0 aliphatic heterocycles. The van der Waals surface area contributed by atoms with Gasteiger partial charge in [0.1, 0.15) is 0 Å². The van der Waals surface area contributed by atoms with Gasteiger partial charge in [0.05, 0.1) is 24.9 Å². The molecule has 0 radical (unpaired) electrons. The Hall–Kier alpha value is -1.56. The average Bonchev–Trinajstić information content (AvgIpc) is 2.23. The zero-order valence-corrected chi connectivity index (χ0v) is 8.78. The van der Waals surface area contributed by atoms with E-state index in [1.165, 1.54) is 6.08 Å². The van der Waals surface area contributed by atoms with Crippen LogP contribution in [0.2, 0.25) is 0 Å². The van der Waals surface area contributed by atoms with Crippen LogP contribution in [0.15, 0.2) is 16.8 Å². The number of aliphatic hydroxyl groups excluding tert-OH is 2. The van der Waals surface area contributed by atoms with E-state index in [1.807, 2.05) is 0 Å². The fourth-order valence-electron chi connectivity index (χ4n) is 1.53. The van der Waals surface area contributed by atoms with Crippen molar-refractivity contribution in [2.45, 2.75) is 31.6 Å². The zero-order valence-electron chi connectivity index (χ0n) is 8.78. The van der Waals surface area contributed by atoms with Gasteiger partial charge in [0.15, 0.2) is 0 Å². The third-order valence-electron chi connectivity index (χ3n) is 2.27. The first-order valence-electron chi connectivity index (χ1n) is 4.88. The molecule has 1 aliphatic carbocycles. The standard InChI is InChI=1S/C9H13N3O4/c1-2-16-9(15)5-3-6(13)8(11-12-10)7(14)4-5/h3,6-8,13-14H,2,4H2,1H3/t6-,7+,8-/m0/s1. The van der Waals surface area contributed by atoms with Crippen LogP contribution in [-0.2, 0) is 9.53 Å². The number of esters is 1. The Morgan fingerprint density at radius 2 is 2.44 bits per heavy atom. The number of ether oxygens (including phenoxy) is 1. The van der Waals surface area contributed by atoms with Crippen LogP contribution in [0.1, 0.15) is 13.3 Å². The molecule has 0 amide bonds. The number of nitrogens with zero attached hydrogens (tertiary/aromatic N) is 3. The van der Waals surface area contributed by atoms with Crippen LogP contribution in [0.25, 0.3) is 10.4 Å². The topological polar surface area (TPSA) is 116 Å². The van der Waals surface area contributed by atoms with E-state index in [9.17, 15) is 15.0 Å². The summed E-state index contributed by atoms with van der Waals surface area (Å²) in [5, 5.41) is 22.4. The highest BCUT2D eigenvalue weighted by Crippen LogP contribution is 2.22. The van der Waals surface area contributed by atoms with E-state index in [0.717, 1.165) is 0 Å². The van der Waals surface area contributed by atoms with Crippen LogP contribution >= 0.6 is 0 Å². The quantitative estimate of drug-likeness (QED) is 0.311. The van der Waals surface area contributed by atoms with E-state index < -0.39 is 24.2 Å². The van der Waals surface area contributed by atoms with Crippen molar-refractivity contribution >= 4 is 5.97 Å². The third-order valence-corrected chi connectivity index (χ3v) is 2.27. The summed E-state index contributed by atoms with van der Waals surface area (Å²) in [7, 11) is 0. The molecule has 1 rings (SSSR count). The molecular weight excluding hydrogens is 214 g/mol. The molecule has 0 spiro atoms. The summed E-state index contributed by atoms with van der Waals surface area (Å²) in [5.41, 5.74) is 8.44. The molecule has 0 saturated heterocycles. The first-order chi connectivity index (χ1) is 7.60. The lowest BCUT2D eigenvalue weighted by atomic mass is 9.91. The van der Waals surface area contributed by atoms with Gasteiger partial charge in [-0.05, 0) is 18.5 Å². The van der Waals surface area contributed by atoms with Gasteiger partial charge in [-0.3, -0.25) is 0 Å². The maximum atomic E-state index is 11.3. The van der Waals surface area contributed by atoms with Crippen molar-refractivity contribution < 1.29 is 19.7 Å². The smallest absolute Gasteiger partial charge is 0.333 e. The predicted octanol–water partition coefficient (Wildman–Crippen LogP) is 0.280. The molecule has 0 saturated carbocycles. The molecular formula is C9H13N3O4. The highest BCUT2D eigenvalue weighted by atomic mass is 16.5. The van der Waals surface area contributed by atoms with E-state index in [-0.39, 0.29) is 18.6 Å². The third kappa shape index (κ3) is 2.73. The van der Waals surface area contributed by atoms with Crippen LogP contribution in [0, 0.1) is 0 Å². The Labute approximate surface area is 92.0 Å². The molecule has 0 heterocycles. The molecule has 0 unspecified atom stereocenters. The Bertz CT molecular complexity index is 349. The lowest BCUT2D eigenvalue weighted by molar-refractivity contribution is -0.139. The summed E-state index contributed by atoms with van der Waals surface area (Å²) in [6.45, 7) is 1.89. The van der Waals surface area contributed by atoms with Gasteiger partial charge in [0.25, 0.3) is 0 Å². The van der Waals surface area contributed by atoms with Gasteiger partial charge >= 0.3 is 5.97 Å². The van der Waals surface area contributed by atoms with Crippen molar-refractivity contribution in [3.8, 4) is 0 Å². The molecule has 0 bridgehead atoms. The van der Waals surface area contributed by atoms with Crippen molar-refractivity contribution in [2.75, 3.05) is 6.61 Å².